The average molecular weight is 210 g/mol. The molecule has 14 heavy (non-hydrogen) atoms. The molecule has 1 aliphatic rings. The second-order valence-electron chi connectivity index (χ2n) is 3.07. The van der Waals surface area contributed by atoms with E-state index in [2.05, 4.69) is 30.7 Å². The first-order chi connectivity index (χ1) is 6.90. The van der Waals surface area contributed by atoms with Crippen molar-refractivity contribution >= 4 is 16.7 Å². The number of anilines is 1. The standard InChI is InChI=1S/C7H10N6S/c8-1-2-12-3-5-13(6-4-12)7-9-10-11-14-7/h2-6H2. The Morgan fingerprint density at radius 3 is 2.71 bits per heavy atom. The maximum absolute atomic E-state index is 8.53. The summed E-state index contributed by atoms with van der Waals surface area (Å²) in [7, 11) is 0. The van der Waals surface area contributed by atoms with Crippen LogP contribution < -0.4 is 4.90 Å². The fourth-order valence-electron chi connectivity index (χ4n) is 1.45. The zero-order chi connectivity index (χ0) is 9.80. The van der Waals surface area contributed by atoms with Crippen molar-refractivity contribution in [3.8, 4) is 6.07 Å². The third kappa shape index (κ3) is 1.97. The van der Waals surface area contributed by atoms with Gasteiger partial charge in [0.1, 0.15) is 0 Å². The summed E-state index contributed by atoms with van der Waals surface area (Å²) in [5, 5.41) is 16.9. The van der Waals surface area contributed by atoms with E-state index >= 15 is 0 Å². The Balaban J connectivity index is 1.88. The van der Waals surface area contributed by atoms with Gasteiger partial charge in [0.2, 0.25) is 5.13 Å². The van der Waals surface area contributed by atoms with Crippen molar-refractivity contribution in [3.63, 3.8) is 0 Å². The van der Waals surface area contributed by atoms with Crippen molar-refractivity contribution < 1.29 is 0 Å². The fraction of sp³-hybridized carbons (Fsp3) is 0.714. The Kier molecular flexibility index (Phi) is 2.86. The van der Waals surface area contributed by atoms with E-state index in [4.69, 9.17) is 5.26 Å². The number of rotatable bonds is 2. The van der Waals surface area contributed by atoms with Crippen molar-refractivity contribution in [1.82, 2.24) is 19.7 Å². The zero-order valence-electron chi connectivity index (χ0n) is 7.63. The topological polar surface area (TPSA) is 68.9 Å². The van der Waals surface area contributed by atoms with Gasteiger partial charge < -0.3 is 4.90 Å². The van der Waals surface area contributed by atoms with E-state index in [9.17, 15) is 0 Å². The number of aromatic nitrogens is 3. The lowest BCUT2D eigenvalue weighted by atomic mass is 10.3. The van der Waals surface area contributed by atoms with Crippen molar-refractivity contribution in [1.29, 1.82) is 5.26 Å². The van der Waals surface area contributed by atoms with Gasteiger partial charge in [-0.25, -0.2) is 0 Å². The lowest BCUT2D eigenvalue weighted by molar-refractivity contribution is 0.287. The van der Waals surface area contributed by atoms with Crippen LogP contribution in [0.25, 0.3) is 0 Å². The van der Waals surface area contributed by atoms with Crippen molar-refractivity contribution in [3.05, 3.63) is 0 Å². The van der Waals surface area contributed by atoms with E-state index in [-0.39, 0.29) is 0 Å². The fourth-order valence-corrected chi connectivity index (χ4v) is 1.96. The Morgan fingerprint density at radius 2 is 2.14 bits per heavy atom. The van der Waals surface area contributed by atoms with Gasteiger partial charge in [-0.1, -0.05) is 9.59 Å². The minimum atomic E-state index is 0.516. The molecular formula is C7H10N6S. The molecule has 0 aromatic carbocycles. The smallest absolute Gasteiger partial charge is 0.227 e. The van der Waals surface area contributed by atoms with Gasteiger partial charge in [0, 0.05) is 37.7 Å². The zero-order valence-corrected chi connectivity index (χ0v) is 8.44. The number of hydrogen-bond acceptors (Lipinski definition) is 7. The summed E-state index contributed by atoms with van der Waals surface area (Å²) < 4.78 is 3.73. The van der Waals surface area contributed by atoms with Gasteiger partial charge in [-0.2, -0.15) is 5.26 Å². The third-order valence-corrected chi connectivity index (χ3v) is 2.88. The first-order valence-corrected chi connectivity index (χ1v) is 5.17. The van der Waals surface area contributed by atoms with E-state index in [1.54, 1.807) is 0 Å². The normalized spacial score (nSPS) is 18.1. The van der Waals surface area contributed by atoms with Crippen LogP contribution in [-0.2, 0) is 0 Å². The summed E-state index contributed by atoms with van der Waals surface area (Å²) in [6.45, 7) is 4.14. The molecule has 1 aromatic rings. The van der Waals surface area contributed by atoms with Gasteiger partial charge in [0.05, 0.1) is 12.6 Å². The largest absolute Gasteiger partial charge is 0.343 e. The van der Waals surface area contributed by atoms with Gasteiger partial charge in [0.25, 0.3) is 0 Å². The molecule has 1 aliphatic heterocycles. The summed E-state index contributed by atoms with van der Waals surface area (Å²) in [5.41, 5.74) is 0. The molecule has 74 valence electrons. The molecule has 0 bridgehead atoms. The van der Waals surface area contributed by atoms with Crippen molar-refractivity contribution in [2.75, 3.05) is 37.6 Å². The number of piperazine rings is 1. The summed E-state index contributed by atoms with van der Waals surface area (Å²) >= 11 is 1.31. The SMILES string of the molecule is N#CCN1CCN(c2nnns2)CC1. The molecule has 0 saturated carbocycles. The van der Waals surface area contributed by atoms with Crippen LogP contribution in [0.3, 0.4) is 0 Å². The maximum Gasteiger partial charge on any atom is 0.227 e. The molecule has 1 fully saturated rings. The maximum atomic E-state index is 8.53. The molecule has 0 N–H and O–H groups in total. The highest BCUT2D eigenvalue weighted by Gasteiger charge is 2.18. The van der Waals surface area contributed by atoms with Crippen molar-refractivity contribution in [2.24, 2.45) is 0 Å². The van der Waals surface area contributed by atoms with Crippen LogP contribution in [0, 0.1) is 11.3 Å². The second-order valence-corrected chi connectivity index (χ2v) is 3.78. The molecule has 1 saturated heterocycles. The highest BCUT2D eigenvalue weighted by molar-refractivity contribution is 7.09. The molecular weight excluding hydrogens is 200 g/mol. The molecule has 1 aromatic heterocycles. The van der Waals surface area contributed by atoms with E-state index in [1.165, 1.54) is 11.5 Å². The van der Waals surface area contributed by atoms with Gasteiger partial charge in [-0.15, -0.1) is 0 Å². The van der Waals surface area contributed by atoms with E-state index in [1.807, 2.05) is 0 Å². The lowest BCUT2D eigenvalue weighted by Gasteiger charge is -2.32. The van der Waals surface area contributed by atoms with E-state index in [0.717, 1.165) is 31.3 Å². The van der Waals surface area contributed by atoms with Crippen LogP contribution in [0.5, 0.6) is 0 Å². The molecule has 0 spiro atoms. The van der Waals surface area contributed by atoms with E-state index in [0.29, 0.717) is 6.54 Å². The van der Waals surface area contributed by atoms with Crippen LogP contribution in [-0.4, -0.2) is 52.4 Å². The van der Waals surface area contributed by atoms with Gasteiger partial charge in [-0.3, -0.25) is 4.90 Å². The average Bonchev–Trinajstić information content (AvgIpc) is 2.72. The summed E-state index contributed by atoms with van der Waals surface area (Å²) in [4.78, 5) is 4.28. The summed E-state index contributed by atoms with van der Waals surface area (Å²) in [6, 6.07) is 2.16. The van der Waals surface area contributed by atoms with Crippen LogP contribution in [0.1, 0.15) is 0 Å². The summed E-state index contributed by atoms with van der Waals surface area (Å²) in [5.74, 6) is 0. The highest BCUT2D eigenvalue weighted by Crippen LogP contribution is 2.15. The molecule has 0 aliphatic carbocycles. The molecule has 2 rings (SSSR count). The second kappa shape index (κ2) is 4.30. The molecule has 2 heterocycles. The third-order valence-electron chi connectivity index (χ3n) is 2.23. The first kappa shape index (κ1) is 9.30. The predicted octanol–water partition coefficient (Wildman–Crippen LogP) is -0.421. The minimum absolute atomic E-state index is 0.516. The molecule has 7 heteroatoms. The van der Waals surface area contributed by atoms with Gasteiger partial charge in [-0.05, 0) is 5.21 Å². The number of nitriles is 1. The van der Waals surface area contributed by atoms with Crippen LogP contribution in [0.2, 0.25) is 0 Å². The van der Waals surface area contributed by atoms with Crippen molar-refractivity contribution in [2.45, 2.75) is 0 Å². The molecule has 6 nitrogen and oxygen atoms in total. The summed E-state index contributed by atoms with van der Waals surface area (Å²) in [6.07, 6.45) is 0. The minimum Gasteiger partial charge on any atom is -0.343 e. The van der Waals surface area contributed by atoms with Gasteiger partial charge >= 0.3 is 0 Å². The van der Waals surface area contributed by atoms with Crippen LogP contribution in [0.15, 0.2) is 0 Å². The van der Waals surface area contributed by atoms with E-state index < -0.39 is 0 Å². The predicted molar refractivity (Wildman–Crippen MR) is 52.0 cm³/mol. The molecule has 0 atom stereocenters. The lowest BCUT2D eigenvalue weighted by Crippen LogP contribution is -2.46. The first-order valence-electron chi connectivity index (χ1n) is 4.39. The number of nitrogens with zero attached hydrogens (tertiary/aromatic N) is 6. The van der Waals surface area contributed by atoms with Gasteiger partial charge in [0.15, 0.2) is 0 Å². The molecule has 0 radical (unpaired) electrons. The quantitative estimate of drug-likeness (QED) is 0.617. The Morgan fingerprint density at radius 1 is 1.36 bits per heavy atom. The Hall–Kier alpha value is -1.26. The molecule has 0 amide bonds. The Labute approximate surface area is 85.9 Å². The Bertz CT molecular complexity index is 309. The molecule has 0 unspecified atom stereocenters. The number of hydrogen-bond donors (Lipinski definition) is 0. The highest BCUT2D eigenvalue weighted by atomic mass is 32.1. The van der Waals surface area contributed by atoms with Crippen LogP contribution in [0.4, 0.5) is 5.13 Å². The van der Waals surface area contributed by atoms with Crippen LogP contribution >= 0.6 is 11.5 Å². The monoisotopic (exact) mass is 210 g/mol.